The Bertz CT molecular complexity index is 1680. The summed E-state index contributed by atoms with van der Waals surface area (Å²) in [5.74, 6) is 7.89. The van der Waals surface area contributed by atoms with Crippen molar-refractivity contribution in [2.45, 2.75) is 19.3 Å². The van der Waals surface area contributed by atoms with E-state index in [1.165, 1.54) is 6.20 Å². The standard InChI is InChI=1S/C26H23ClN2O2.C6H8N2O2S/c1-26(2,23-15-21(17-28)25(31-14-12-27)24(16-23)30-3)22-10-8-19(9-11-22)6-7-20-5-4-13-29-18-20;1-11(9,10)8-6-4-2-3-5-7-6/h4-5,8-11,13,15-16,18H,12,14H2,1-3H3;2-5H,1H3,(H,7,8). The van der Waals surface area contributed by atoms with Crippen molar-refractivity contribution in [3.63, 3.8) is 0 Å². The van der Waals surface area contributed by atoms with Crippen molar-refractivity contribution in [3.05, 3.63) is 113 Å². The first-order chi connectivity index (χ1) is 20.1. The molecule has 42 heavy (non-hydrogen) atoms. The fourth-order valence-electron chi connectivity index (χ4n) is 3.82. The molecule has 0 fully saturated rings. The van der Waals surface area contributed by atoms with E-state index < -0.39 is 10.0 Å². The Morgan fingerprint density at radius 3 is 2.29 bits per heavy atom. The Kier molecular flexibility index (Phi) is 11.3. The van der Waals surface area contributed by atoms with Gasteiger partial charge in [-0.25, -0.2) is 13.4 Å². The second kappa shape index (κ2) is 14.9. The van der Waals surface area contributed by atoms with Crippen LogP contribution in [0.5, 0.6) is 11.5 Å². The number of aromatic nitrogens is 2. The van der Waals surface area contributed by atoms with E-state index >= 15 is 0 Å². The van der Waals surface area contributed by atoms with Gasteiger partial charge < -0.3 is 9.47 Å². The van der Waals surface area contributed by atoms with E-state index in [2.05, 4.69) is 58.6 Å². The van der Waals surface area contributed by atoms with Gasteiger partial charge in [-0.2, -0.15) is 5.26 Å². The average molecular weight is 603 g/mol. The molecule has 0 aliphatic rings. The van der Waals surface area contributed by atoms with Crippen LogP contribution in [-0.4, -0.2) is 44.2 Å². The Labute approximate surface area is 252 Å². The van der Waals surface area contributed by atoms with Crippen LogP contribution in [0, 0.1) is 23.2 Å². The van der Waals surface area contributed by atoms with Gasteiger partial charge in [-0.05, 0) is 59.7 Å². The molecule has 0 aliphatic carbocycles. The molecule has 0 saturated heterocycles. The van der Waals surface area contributed by atoms with Gasteiger partial charge in [0.25, 0.3) is 0 Å². The molecule has 2 heterocycles. The molecule has 8 nitrogen and oxygen atoms in total. The van der Waals surface area contributed by atoms with Crippen LogP contribution in [0.25, 0.3) is 0 Å². The molecular weight excluding hydrogens is 572 g/mol. The number of hydrogen-bond donors (Lipinski definition) is 1. The summed E-state index contributed by atoms with van der Waals surface area (Å²) >= 11 is 5.73. The van der Waals surface area contributed by atoms with Crippen molar-refractivity contribution in [1.82, 2.24) is 9.97 Å². The lowest BCUT2D eigenvalue weighted by Gasteiger charge is -2.27. The zero-order valence-corrected chi connectivity index (χ0v) is 25.3. The van der Waals surface area contributed by atoms with E-state index in [4.69, 9.17) is 21.1 Å². The lowest BCUT2D eigenvalue weighted by atomic mass is 9.77. The van der Waals surface area contributed by atoms with Crippen LogP contribution in [0.4, 0.5) is 5.82 Å². The summed E-state index contributed by atoms with van der Waals surface area (Å²) in [6.45, 7) is 4.52. The maximum atomic E-state index is 10.6. The number of anilines is 1. The molecule has 0 spiro atoms. The highest BCUT2D eigenvalue weighted by Crippen LogP contribution is 2.39. The Hall–Kier alpha value is -4.57. The summed E-state index contributed by atoms with van der Waals surface area (Å²) in [6.07, 6.45) is 6.08. The summed E-state index contributed by atoms with van der Waals surface area (Å²) in [4.78, 5) is 7.85. The van der Waals surface area contributed by atoms with Crippen LogP contribution >= 0.6 is 11.6 Å². The highest BCUT2D eigenvalue weighted by molar-refractivity contribution is 7.92. The Morgan fingerprint density at radius 2 is 1.71 bits per heavy atom. The quantitative estimate of drug-likeness (QED) is 0.201. The first-order valence-corrected chi connectivity index (χ1v) is 15.2. The van der Waals surface area contributed by atoms with Gasteiger partial charge in [-0.1, -0.05) is 43.9 Å². The molecule has 4 aromatic rings. The van der Waals surface area contributed by atoms with Gasteiger partial charge in [-0.15, -0.1) is 11.6 Å². The molecular formula is C32H31ClN4O4S. The fraction of sp³-hybridized carbons (Fsp3) is 0.219. The van der Waals surface area contributed by atoms with Crippen LogP contribution in [0.3, 0.4) is 0 Å². The summed E-state index contributed by atoms with van der Waals surface area (Å²) in [5, 5.41) is 9.65. The normalized spacial score (nSPS) is 10.7. The maximum absolute atomic E-state index is 10.6. The van der Waals surface area contributed by atoms with Gasteiger partial charge in [0, 0.05) is 35.1 Å². The molecule has 0 aliphatic heterocycles. The molecule has 0 unspecified atom stereocenters. The Morgan fingerprint density at radius 1 is 0.976 bits per heavy atom. The second-order valence-electron chi connectivity index (χ2n) is 9.49. The van der Waals surface area contributed by atoms with Gasteiger partial charge in [-0.3, -0.25) is 9.71 Å². The molecule has 1 N–H and O–H groups in total. The molecule has 2 aromatic carbocycles. The van der Waals surface area contributed by atoms with Crippen LogP contribution in [0.1, 0.15) is 41.7 Å². The van der Waals surface area contributed by atoms with E-state index in [0.29, 0.717) is 35.4 Å². The summed E-state index contributed by atoms with van der Waals surface area (Å²) in [6, 6.07) is 22.9. The lowest BCUT2D eigenvalue weighted by Crippen LogP contribution is -2.19. The summed E-state index contributed by atoms with van der Waals surface area (Å²) < 4.78 is 34.7. The minimum atomic E-state index is -3.19. The molecule has 2 aromatic heterocycles. The molecule has 10 heteroatoms. The topological polar surface area (TPSA) is 114 Å². The van der Waals surface area contributed by atoms with Crippen LogP contribution in [0.2, 0.25) is 0 Å². The molecule has 0 radical (unpaired) electrons. The molecule has 216 valence electrons. The van der Waals surface area contributed by atoms with E-state index in [0.717, 1.165) is 28.5 Å². The monoisotopic (exact) mass is 602 g/mol. The van der Waals surface area contributed by atoms with E-state index in [1.807, 2.05) is 36.4 Å². The molecule has 0 amide bonds. The molecule has 4 rings (SSSR count). The molecule has 0 bridgehead atoms. The van der Waals surface area contributed by atoms with E-state index in [-0.39, 0.29) is 5.41 Å². The van der Waals surface area contributed by atoms with Crippen molar-refractivity contribution in [2.24, 2.45) is 0 Å². The van der Waals surface area contributed by atoms with Crippen LogP contribution in [0.15, 0.2) is 85.3 Å². The van der Waals surface area contributed by atoms with Gasteiger partial charge >= 0.3 is 0 Å². The van der Waals surface area contributed by atoms with E-state index in [9.17, 15) is 13.7 Å². The number of benzene rings is 2. The van der Waals surface area contributed by atoms with Crippen molar-refractivity contribution < 1.29 is 17.9 Å². The zero-order valence-electron chi connectivity index (χ0n) is 23.8. The molecule has 0 atom stereocenters. The number of sulfonamides is 1. The van der Waals surface area contributed by atoms with Gasteiger partial charge in [0.2, 0.25) is 10.0 Å². The number of rotatable bonds is 8. The van der Waals surface area contributed by atoms with Crippen molar-refractivity contribution in [3.8, 4) is 29.4 Å². The third kappa shape index (κ3) is 9.24. The van der Waals surface area contributed by atoms with Crippen LogP contribution in [-0.2, 0) is 15.4 Å². The predicted octanol–water partition coefficient (Wildman–Crippen LogP) is 5.76. The van der Waals surface area contributed by atoms with Gasteiger partial charge in [0.05, 0.1) is 24.8 Å². The number of nitriles is 1. The number of nitrogens with zero attached hydrogens (tertiary/aromatic N) is 3. The first kappa shape index (κ1) is 32.0. The van der Waals surface area contributed by atoms with Crippen molar-refractivity contribution in [1.29, 1.82) is 5.26 Å². The number of ether oxygens (including phenoxy) is 2. The van der Waals surface area contributed by atoms with Crippen LogP contribution < -0.4 is 14.2 Å². The summed E-state index contributed by atoms with van der Waals surface area (Å²) in [7, 11) is -1.62. The lowest BCUT2D eigenvalue weighted by molar-refractivity contribution is 0.311. The highest BCUT2D eigenvalue weighted by atomic mass is 35.5. The number of nitrogens with one attached hydrogen (secondary N) is 1. The second-order valence-corrected chi connectivity index (χ2v) is 11.6. The number of halogens is 1. The number of methoxy groups -OCH3 is 1. The average Bonchev–Trinajstić information content (AvgIpc) is 2.99. The van der Waals surface area contributed by atoms with Crippen molar-refractivity contribution >= 4 is 27.4 Å². The minimum absolute atomic E-state index is 0.302. The van der Waals surface area contributed by atoms with Crippen molar-refractivity contribution in [2.75, 3.05) is 30.6 Å². The van der Waals surface area contributed by atoms with Gasteiger partial charge in [0.15, 0.2) is 11.5 Å². The summed E-state index contributed by atoms with van der Waals surface area (Å²) in [5.41, 5.74) is 3.90. The third-order valence-electron chi connectivity index (χ3n) is 6.01. The smallest absolute Gasteiger partial charge is 0.230 e. The zero-order chi connectivity index (χ0) is 30.6. The Balaban J connectivity index is 0.000000369. The fourth-order valence-corrected chi connectivity index (χ4v) is 4.40. The number of hydrogen-bond acceptors (Lipinski definition) is 7. The number of alkyl halides is 1. The number of pyridine rings is 2. The third-order valence-corrected chi connectivity index (χ3v) is 6.75. The molecule has 0 saturated carbocycles. The minimum Gasteiger partial charge on any atom is -0.493 e. The SMILES string of the molecule is COc1cc(C(C)(C)c2ccc(C#Cc3cccnc3)cc2)cc(C#N)c1OCCCl.CS(=O)(=O)Nc1ccccn1. The van der Waals surface area contributed by atoms with E-state index in [1.54, 1.807) is 37.7 Å². The van der Waals surface area contributed by atoms with Gasteiger partial charge in [0.1, 0.15) is 18.5 Å². The highest BCUT2D eigenvalue weighted by Gasteiger charge is 2.26. The first-order valence-electron chi connectivity index (χ1n) is 12.8. The maximum Gasteiger partial charge on any atom is 0.230 e. The largest absolute Gasteiger partial charge is 0.493 e. The predicted molar refractivity (Wildman–Crippen MR) is 165 cm³/mol.